The van der Waals surface area contributed by atoms with Crippen molar-refractivity contribution in [1.29, 1.82) is 0 Å². The van der Waals surface area contributed by atoms with Crippen LogP contribution in [-0.2, 0) is 11.3 Å². The van der Waals surface area contributed by atoms with Gasteiger partial charge in [-0.1, -0.05) is 30.3 Å². The van der Waals surface area contributed by atoms with E-state index < -0.39 is 0 Å². The molecule has 1 heterocycles. The van der Waals surface area contributed by atoms with E-state index in [1.807, 2.05) is 6.07 Å². The minimum Gasteiger partial charge on any atom is -0.373 e. The highest BCUT2D eigenvalue weighted by Gasteiger charge is 2.16. The SMILES string of the molecule is CN1CCC(OCc2ccccc2)CC1. The van der Waals surface area contributed by atoms with E-state index in [1.54, 1.807) is 0 Å². The lowest BCUT2D eigenvalue weighted by molar-refractivity contribution is 0.00214. The lowest BCUT2D eigenvalue weighted by Crippen LogP contribution is -2.34. The Morgan fingerprint density at radius 3 is 2.53 bits per heavy atom. The Bertz CT molecular complexity index is 278. The van der Waals surface area contributed by atoms with Gasteiger partial charge in [-0.15, -0.1) is 0 Å². The van der Waals surface area contributed by atoms with Gasteiger partial charge in [0.05, 0.1) is 12.7 Å². The van der Waals surface area contributed by atoms with Gasteiger partial charge in [0.15, 0.2) is 0 Å². The first-order valence-electron chi connectivity index (χ1n) is 5.68. The summed E-state index contributed by atoms with van der Waals surface area (Å²) in [6.07, 6.45) is 2.80. The predicted molar refractivity (Wildman–Crippen MR) is 61.8 cm³/mol. The average Bonchev–Trinajstić information content (AvgIpc) is 2.30. The van der Waals surface area contributed by atoms with Gasteiger partial charge in [-0.2, -0.15) is 0 Å². The molecular formula is C13H19NO. The zero-order valence-corrected chi connectivity index (χ0v) is 9.36. The summed E-state index contributed by atoms with van der Waals surface area (Å²) >= 11 is 0. The Morgan fingerprint density at radius 2 is 1.87 bits per heavy atom. The van der Waals surface area contributed by atoms with Crippen LogP contribution in [0, 0.1) is 0 Å². The number of rotatable bonds is 3. The van der Waals surface area contributed by atoms with Crippen molar-refractivity contribution >= 4 is 0 Å². The zero-order valence-electron chi connectivity index (χ0n) is 9.36. The molecule has 0 radical (unpaired) electrons. The third-order valence-electron chi connectivity index (χ3n) is 2.99. The molecule has 0 amide bonds. The van der Waals surface area contributed by atoms with Gasteiger partial charge in [0.2, 0.25) is 0 Å². The van der Waals surface area contributed by atoms with Crippen LogP contribution in [0.2, 0.25) is 0 Å². The van der Waals surface area contributed by atoms with E-state index in [9.17, 15) is 0 Å². The highest BCUT2D eigenvalue weighted by Crippen LogP contribution is 2.14. The van der Waals surface area contributed by atoms with Crippen molar-refractivity contribution in [2.75, 3.05) is 20.1 Å². The van der Waals surface area contributed by atoms with Crippen molar-refractivity contribution in [3.05, 3.63) is 35.9 Å². The molecule has 0 aliphatic carbocycles. The van der Waals surface area contributed by atoms with Gasteiger partial charge in [0.25, 0.3) is 0 Å². The van der Waals surface area contributed by atoms with Gasteiger partial charge in [-0.25, -0.2) is 0 Å². The monoisotopic (exact) mass is 205 g/mol. The molecule has 82 valence electrons. The maximum atomic E-state index is 5.89. The quantitative estimate of drug-likeness (QED) is 0.750. The Kier molecular flexibility index (Phi) is 3.75. The van der Waals surface area contributed by atoms with E-state index in [-0.39, 0.29) is 0 Å². The van der Waals surface area contributed by atoms with Crippen LogP contribution in [-0.4, -0.2) is 31.1 Å². The predicted octanol–water partition coefficient (Wildman–Crippen LogP) is 2.30. The van der Waals surface area contributed by atoms with Gasteiger partial charge in [-0.05, 0) is 25.5 Å². The molecule has 1 aliphatic rings. The lowest BCUT2D eigenvalue weighted by Gasteiger charge is -2.28. The van der Waals surface area contributed by atoms with E-state index in [1.165, 1.54) is 31.5 Å². The van der Waals surface area contributed by atoms with Crippen molar-refractivity contribution < 1.29 is 4.74 Å². The first-order valence-corrected chi connectivity index (χ1v) is 5.68. The maximum absolute atomic E-state index is 5.89. The molecule has 0 aromatic heterocycles. The standard InChI is InChI=1S/C13H19NO/c1-14-9-7-13(8-10-14)15-11-12-5-3-2-4-6-12/h2-6,13H,7-11H2,1H3. The number of likely N-dealkylation sites (tertiary alicyclic amines) is 1. The molecule has 1 aromatic carbocycles. The van der Waals surface area contributed by atoms with E-state index in [4.69, 9.17) is 4.74 Å². The van der Waals surface area contributed by atoms with Crippen LogP contribution in [0.4, 0.5) is 0 Å². The summed E-state index contributed by atoms with van der Waals surface area (Å²) in [5.41, 5.74) is 1.27. The maximum Gasteiger partial charge on any atom is 0.0720 e. The number of hydrogen-bond donors (Lipinski definition) is 0. The van der Waals surface area contributed by atoms with Crippen molar-refractivity contribution in [2.24, 2.45) is 0 Å². The molecule has 0 spiro atoms. The molecule has 0 bridgehead atoms. The molecular weight excluding hydrogens is 186 g/mol. The fourth-order valence-electron chi connectivity index (χ4n) is 1.94. The van der Waals surface area contributed by atoms with Gasteiger partial charge in [0.1, 0.15) is 0 Å². The van der Waals surface area contributed by atoms with Crippen LogP contribution in [0.25, 0.3) is 0 Å². The van der Waals surface area contributed by atoms with Gasteiger partial charge in [0, 0.05) is 13.1 Å². The minimum absolute atomic E-state index is 0.460. The van der Waals surface area contributed by atoms with Gasteiger partial charge in [-0.3, -0.25) is 0 Å². The smallest absolute Gasteiger partial charge is 0.0720 e. The lowest BCUT2D eigenvalue weighted by atomic mass is 10.1. The molecule has 2 heteroatoms. The topological polar surface area (TPSA) is 12.5 Å². The third kappa shape index (κ3) is 3.33. The average molecular weight is 205 g/mol. The van der Waals surface area contributed by atoms with E-state index in [0.29, 0.717) is 6.10 Å². The van der Waals surface area contributed by atoms with Crippen molar-refractivity contribution in [3.8, 4) is 0 Å². The highest BCUT2D eigenvalue weighted by atomic mass is 16.5. The largest absolute Gasteiger partial charge is 0.373 e. The summed E-state index contributed by atoms with van der Waals surface area (Å²) in [6.45, 7) is 3.09. The van der Waals surface area contributed by atoms with E-state index in [2.05, 4.69) is 36.2 Å². The molecule has 15 heavy (non-hydrogen) atoms. The summed E-state index contributed by atoms with van der Waals surface area (Å²) < 4.78 is 5.89. The van der Waals surface area contributed by atoms with E-state index in [0.717, 1.165) is 6.61 Å². The fraction of sp³-hybridized carbons (Fsp3) is 0.538. The second-order valence-electron chi connectivity index (χ2n) is 4.30. The van der Waals surface area contributed by atoms with Crippen LogP contribution < -0.4 is 0 Å². The van der Waals surface area contributed by atoms with Crippen molar-refractivity contribution in [1.82, 2.24) is 4.90 Å². The van der Waals surface area contributed by atoms with Crippen LogP contribution in [0.5, 0.6) is 0 Å². The molecule has 1 aliphatic heterocycles. The third-order valence-corrected chi connectivity index (χ3v) is 2.99. The molecule has 0 N–H and O–H groups in total. The van der Waals surface area contributed by atoms with E-state index >= 15 is 0 Å². The van der Waals surface area contributed by atoms with Gasteiger partial charge >= 0.3 is 0 Å². The summed E-state index contributed by atoms with van der Waals surface area (Å²) in [5.74, 6) is 0. The van der Waals surface area contributed by atoms with Gasteiger partial charge < -0.3 is 9.64 Å². The molecule has 1 fully saturated rings. The first kappa shape index (κ1) is 10.7. The summed E-state index contributed by atoms with van der Waals surface area (Å²) in [4.78, 5) is 2.36. The van der Waals surface area contributed by atoms with Crippen LogP contribution in [0.1, 0.15) is 18.4 Å². The minimum atomic E-state index is 0.460. The second kappa shape index (κ2) is 5.29. The van der Waals surface area contributed by atoms with Crippen LogP contribution >= 0.6 is 0 Å². The molecule has 1 aromatic rings. The van der Waals surface area contributed by atoms with Crippen molar-refractivity contribution in [2.45, 2.75) is 25.6 Å². The first-order chi connectivity index (χ1) is 7.34. The number of ether oxygens (including phenoxy) is 1. The summed E-state index contributed by atoms with van der Waals surface area (Å²) in [5, 5.41) is 0. The molecule has 1 saturated heterocycles. The van der Waals surface area contributed by atoms with Crippen LogP contribution in [0.3, 0.4) is 0 Å². The summed E-state index contributed by atoms with van der Waals surface area (Å²) in [7, 11) is 2.17. The number of nitrogens with zero attached hydrogens (tertiary/aromatic N) is 1. The molecule has 0 unspecified atom stereocenters. The number of piperidine rings is 1. The van der Waals surface area contributed by atoms with Crippen molar-refractivity contribution in [3.63, 3.8) is 0 Å². The molecule has 0 atom stereocenters. The normalized spacial score (nSPS) is 19.3. The highest BCUT2D eigenvalue weighted by molar-refractivity contribution is 5.13. The summed E-state index contributed by atoms with van der Waals surface area (Å²) in [6, 6.07) is 10.4. The Morgan fingerprint density at radius 1 is 1.20 bits per heavy atom. The Hall–Kier alpha value is -0.860. The second-order valence-corrected chi connectivity index (χ2v) is 4.30. The van der Waals surface area contributed by atoms with Crippen LogP contribution in [0.15, 0.2) is 30.3 Å². The molecule has 2 nitrogen and oxygen atoms in total. The molecule has 2 rings (SSSR count). The fourth-order valence-corrected chi connectivity index (χ4v) is 1.94. The molecule has 0 saturated carbocycles. The Balaban J connectivity index is 1.74. The number of benzene rings is 1. The number of hydrogen-bond acceptors (Lipinski definition) is 2. The Labute approximate surface area is 91.9 Å². The zero-order chi connectivity index (χ0) is 10.5.